The second-order valence-electron chi connectivity index (χ2n) is 3.57. The fourth-order valence-corrected chi connectivity index (χ4v) is 1.69. The van der Waals surface area contributed by atoms with Crippen LogP contribution in [0.15, 0.2) is 12.1 Å². The van der Waals surface area contributed by atoms with Gasteiger partial charge in [-0.2, -0.15) is 0 Å². The van der Waals surface area contributed by atoms with Crippen LogP contribution in [0, 0.1) is 13.8 Å². The second-order valence-corrected chi connectivity index (χ2v) is 3.57. The second kappa shape index (κ2) is 3.04. The van der Waals surface area contributed by atoms with E-state index in [0.717, 1.165) is 12.3 Å². The Morgan fingerprint density at radius 2 is 2.00 bits per heavy atom. The van der Waals surface area contributed by atoms with Crippen molar-refractivity contribution in [3.05, 3.63) is 28.8 Å². The summed E-state index contributed by atoms with van der Waals surface area (Å²) in [5.74, 6) is 0.988. The molecule has 1 aliphatic rings. The fraction of sp³-hybridized carbons (Fsp3) is 0.455. The van der Waals surface area contributed by atoms with Crippen LogP contribution in [0.2, 0.25) is 0 Å². The van der Waals surface area contributed by atoms with E-state index in [1.807, 2.05) is 0 Å². The molecule has 0 aliphatic carbocycles. The Labute approximate surface area is 78.9 Å². The van der Waals surface area contributed by atoms with E-state index in [0.29, 0.717) is 6.04 Å². The van der Waals surface area contributed by atoms with E-state index in [4.69, 9.17) is 4.74 Å². The Morgan fingerprint density at radius 1 is 1.31 bits per heavy atom. The van der Waals surface area contributed by atoms with Crippen LogP contribution in [0.4, 0.5) is 0 Å². The molecule has 1 aliphatic heterocycles. The van der Waals surface area contributed by atoms with Crippen molar-refractivity contribution in [1.29, 1.82) is 0 Å². The molecule has 1 N–H and O–H groups in total. The minimum atomic E-state index is 0.588. The number of benzene rings is 1. The van der Waals surface area contributed by atoms with Crippen LogP contribution >= 0.6 is 0 Å². The quantitative estimate of drug-likeness (QED) is 0.700. The zero-order chi connectivity index (χ0) is 9.42. The molecule has 1 unspecified atom stereocenters. The van der Waals surface area contributed by atoms with Gasteiger partial charge in [0, 0.05) is 12.6 Å². The van der Waals surface area contributed by atoms with Gasteiger partial charge in [0.1, 0.15) is 5.75 Å². The fourth-order valence-electron chi connectivity index (χ4n) is 1.69. The lowest BCUT2D eigenvalue weighted by Crippen LogP contribution is -1.95. The average molecular weight is 177 g/mol. The average Bonchev–Trinajstić information content (AvgIpc) is 2.93. The maximum Gasteiger partial charge on any atom is 0.122 e. The molecule has 0 saturated carbocycles. The van der Waals surface area contributed by atoms with E-state index in [2.05, 4.69) is 31.3 Å². The van der Waals surface area contributed by atoms with Crippen molar-refractivity contribution < 1.29 is 4.74 Å². The van der Waals surface area contributed by atoms with E-state index in [-0.39, 0.29) is 0 Å². The molecule has 2 heteroatoms. The van der Waals surface area contributed by atoms with Crippen LogP contribution in [0.1, 0.15) is 22.7 Å². The first-order chi connectivity index (χ1) is 6.24. The lowest BCUT2D eigenvalue weighted by molar-refractivity contribution is 0.411. The highest BCUT2D eigenvalue weighted by atomic mass is 16.5. The Balaban J connectivity index is 2.44. The van der Waals surface area contributed by atoms with Crippen molar-refractivity contribution >= 4 is 0 Å². The molecule has 2 nitrogen and oxygen atoms in total. The number of nitrogens with one attached hydrogen (secondary N) is 1. The van der Waals surface area contributed by atoms with Gasteiger partial charge in [-0.05, 0) is 36.6 Å². The number of ether oxygens (including phenoxy) is 1. The van der Waals surface area contributed by atoms with E-state index in [1.54, 1.807) is 7.11 Å². The van der Waals surface area contributed by atoms with Gasteiger partial charge < -0.3 is 10.1 Å². The monoisotopic (exact) mass is 177 g/mol. The summed E-state index contributed by atoms with van der Waals surface area (Å²) >= 11 is 0. The van der Waals surface area contributed by atoms with Gasteiger partial charge in [-0.1, -0.05) is 6.07 Å². The number of hydrogen-bond acceptors (Lipinski definition) is 2. The number of methoxy groups -OCH3 is 1. The molecule has 1 atom stereocenters. The van der Waals surface area contributed by atoms with Crippen LogP contribution in [0.5, 0.6) is 5.75 Å². The lowest BCUT2D eigenvalue weighted by atomic mass is 10.0. The van der Waals surface area contributed by atoms with Crippen LogP contribution < -0.4 is 10.1 Å². The Morgan fingerprint density at radius 3 is 2.54 bits per heavy atom. The minimum absolute atomic E-state index is 0.588. The SMILES string of the molecule is COc1ccc(C2CN2)c(C)c1C. The van der Waals surface area contributed by atoms with Crippen LogP contribution in [0.25, 0.3) is 0 Å². The molecule has 0 bridgehead atoms. The topological polar surface area (TPSA) is 31.2 Å². The van der Waals surface area contributed by atoms with Crippen molar-refractivity contribution in [2.24, 2.45) is 0 Å². The van der Waals surface area contributed by atoms with Gasteiger partial charge in [0.2, 0.25) is 0 Å². The molecular weight excluding hydrogens is 162 g/mol. The summed E-state index contributed by atoms with van der Waals surface area (Å²) in [6.45, 7) is 5.39. The number of hydrogen-bond donors (Lipinski definition) is 1. The summed E-state index contributed by atoms with van der Waals surface area (Å²) in [6.07, 6.45) is 0. The first-order valence-electron chi connectivity index (χ1n) is 4.61. The highest BCUT2D eigenvalue weighted by Crippen LogP contribution is 2.31. The first-order valence-corrected chi connectivity index (χ1v) is 4.61. The summed E-state index contributed by atoms with van der Waals surface area (Å²) < 4.78 is 5.26. The molecule has 1 aromatic carbocycles. The van der Waals surface area contributed by atoms with Crippen molar-refractivity contribution in [2.75, 3.05) is 13.7 Å². The molecule has 70 valence electrons. The Hall–Kier alpha value is -1.02. The molecule has 0 aromatic heterocycles. The van der Waals surface area contributed by atoms with Crippen molar-refractivity contribution in [2.45, 2.75) is 19.9 Å². The maximum atomic E-state index is 5.26. The third kappa shape index (κ3) is 1.42. The van der Waals surface area contributed by atoms with Gasteiger partial charge in [0.15, 0.2) is 0 Å². The molecule has 1 aromatic rings. The van der Waals surface area contributed by atoms with Crippen LogP contribution in [0.3, 0.4) is 0 Å². The van der Waals surface area contributed by atoms with Crippen molar-refractivity contribution in [3.63, 3.8) is 0 Å². The van der Waals surface area contributed by atoms with E-state index >= 15 is 0 Å². The van der Waals surface area contributed by atoms with Gasteiger partial charge in [0.25, 0.3) is 0 Å². The van der Waals surface area contributed by atoms with E-state index in [1.165, 1.54) is 16.7 Å². The molecule has 1 fully saturated rings. The standard InChI is InChI=1S/C11H15NO/c1-7-8(2)11(13-3)5-4-9(7)10-6-12-10/h4-5,10,12H,6H2,1-3H3. The lowest BCUT2D eigenvalue weighted by Gasteiger charge is -2.11. The smallest absolute Gasteiger partial charge is 0.122 e. The van der Waals surface area contributed by atoms with Gasteiger partial charge in [0.05, 0.1) is 7.11 Å². The highest BCUT2D eigenvalue weighted by molar-refractivity contribution is 5.45. The van der Waals surface area contributed by atoms with Gasteiger partial charge >= 0.3 is 0 Å². The van der Waals surface area contributed by atoms with E-state index < -0.39 is 0 Å². The molecule has 13 heavy (non-hydrogen) atoms. The molecule has 2 rings (SSSR count). The minimum Gasteiger partial charge on any atom is -0.496 e. The van der Waals surface area contributed by atoms with Gasteiger partial charge in [-0.25, -0.2) is 0 Å². The predicted octanol–water partition coefficient (Wildman–Crippen LogP) is 1.96. The van der Waals surface area contributed by atoms with Crippen LogP contribution in [-0.2, 0) is 0 Å². The summed E-state index contributed by atoms with van der Waals surface area (Å²) in [7, 11) is 1.72. The zero-order valence-corrected chi connectivity index (χ0v) is 8.35. The number of rotatable bonds is 2. The normalized spacial score (nSPS) is 20.1. The predicted molar refractivity (Wildman–Crippen MR) is 53.2 cm³/mol. The van der Waals surface area contributed by atoms with Gasteiger partial charge in [-0.15, -0.1) is 0 Å². The summed E-state index contributed by atoms with van der Waals surface area (Å²) in [5, 5.41) is 3.32. The molecule has 0 radical (unpaired) electrons. The third-order valence-electron chi connectivity index (χ3n) is 2.78. The largest absolute Gasteiger partial charge is 0.496 e. The molecule has 0 spiro atoms. The summed E-state index contributed by atoms with van der Waals surface area (Å²) in [6, 6.07) is 4.80. The zero-order valence-electron chi connectivity index (χ0n) is 8.35. The van der Waals surface area contributed by atoms with E-state index in [9.17, 15) is 0 Å². The van der Waals surface area contributed by atoms with Crippen molar-refractivity contribution in [1.82, 2.24) is 5.32 Å². The maximum absolute atomic E-state index is 5.26. The van der Waals surface area contributed by atoms with Crippen LogP contribution in [-0.4, -0.2) is 13.7 Å². The van der Waals surface area contributed by atoms with Gasteiger partial charge in [-0.3, -0.25) is 0 Å². The third-order valence-corrected chi connectivity index (χ3v) is 2.78. The van der Waals surface area contributed by atoms with Crippen molar-refractivity contribution in [3.8, 4) is 5.75 Å². The molecule has 1 saturated heterocycles. The highest BCUT2D eigenvalue weighted by Gasteiger charge is 2.24. The summed E-state index contributed by atoms with van der Waals surface area (Å²) in [5.41, 5.74) is 4.03. The Kier molecular flexibility index (Phi) is 2.00. The Bertz CT molecular complexity index is 329. The first kappa shape index (κ1) is 8.57. The molecule has 1 heterocycles. The molecular formula is C11H15NO. The molecule has 0 amide bonds. The summed E-state index contributed by atoms with van der Waals surface area (Å²) in [4.78, 5) is 0.